The quantitative estimate of drug-likeness (QED) is 0.855. The van der Waals surface area contributed by atoms with Crippen LogP contribution in [0.1, 0.15) is 19.3 Å². The Labute approximate surface area is 101 Å². The number of ether oxygens (including phenoxy) is 1. The van der Waals surface area contributed by atoms with Crippen LogP contribution < -0.4 is 10.1 Å². The van der Waals surface area contributed by atoms with E-state index in [9.17, 15) is 0 Å². The Morgan fingerprint density at radius 3 is 2.75 bits per heavy atom. The molecule has 0 aliphatic heterocycles. The Balaban J connectivity index is 1.89. The van der Waals surface area contributed by atoms with Crippen molar-refractivity contribution in [3.05, 3.63) is 18.3 Å². The van der Waals surface area contributed by atoms with E-state index in [2.05, 4.69) is 16.6 Å². The van der Waals surface area contributed by atoms with E-state index in [0.29, 0.717) is 4.75 Å². The minimum Gasteiger partial charge on any atom is -0.495 e. The summed E-state index contributed by atoms with van der Waals surface area (Å²) >= 11 is 1.97. The predicted molar refractivity (Wildman–Crippen MR) is 69.4 cm³/mol. The van der Waals surface area contributed by atoms with Gasteiger partial charge in [-0.1, -0.05) is 6.42 Å². The second kappa shape index (κ2) is 4.95. The maximum atomic E-state index is 5.07. The third-order valence-corrected chi connectivity index (χ3v) is 4.68. The fraction of sp³-hybridized carbons (Fsp3) is 0.583. The second-order valence-corrected chi connectivity index (χ2v) is 5.45. The van der Waals surface area contributed by atoms with Gasteiger partial charge in [0.05, 0.1) is 13.3 Å². The molecular weight excluding hydrogens is 220 g/mol. The molecule has 1 aliphatic rings. The van der Waals surface area contributed by atoms with Crippen LogP contribution in [0.25, 0.3) is 0 Å². The average Bonchev–Trinajstić information content (AvgIpc) is 2.29. The molecule has 3 nitrogen and oxygen atoms in total. The van der Waals surface area contributed by atoms with Gasteiger partial charge in [-0.05, 0) is 31.2 Å². The molecule has 1 fully saturated rings. The van der Waals surface area contributed by atoms with E-state index in [0.717, 1.165) is 18.1 Å². The second-order valence-electron chi connectivity index (χ2n) is 4.18. The molecule has 0 bridgehead atoms. The lowest BCUT2D eigenvalue weighted by atomic mass is 9.84. The van der Waals surface area contributed by atoms with E-state index < -0.39 is 0 Å². The highest BCUT2D eigenvalue weighted by molar-refractivity contribution is 8.00. The molecule has 0 saturated heterocycles. The van der Waals surface area contributed by atoms with Crippen molar-refractivity contribution in [1.29, 1.82) is 0 Å². The van der Waals surface area contributed by atoms with Crippen LogP contribution in [0.15, 0.2) is 18.3 Å². The molecule has 0 amide bonds. The number of pyridine rings is 1. The number of aromatic nitrogens is 1. The molecule has 0 radical (unpaired) electrons. The van der Waals surface area contributed by atoms with Crippen molar-refractivity contribution in [3.8, 4) is 5.75 Å². The van der Waals surface area contributed by atoms with Crippen LogP contribution in [0, 0.1) is 0 Å². The van der Waals surface area contributed by atoms with Crippen molar-refractivity contribution in [2.24, 2.45) is 0 Å². The molecule has 0 atom stereocenters. The zero-order valence-electron chi connectivity index (χ0n) is 9.82. The summed E-state index contributed by atoms with van der Waals surface area (Å²) in [7, 11) is 1.65. The summed E-state index contributed by atoms with van der Waals surface area (Å²) < 4.78 is 5.52. The van der Waals surface area contributed by atoms with E-state index in [-0.39, 0.29) is 0 Å². The van der Waals surface area contributed by atoms with Crippen LogP contribution in [0.3, 0.4) is 0 Å². The van der Waals surface area contributed by atoms with Gasteiger partial charge in [-0.2, -0.15) is 11.8 Å². The van der Waals surface area contributed by atoms with Crippen molar-refractivity contribution < 1.29 is 4.74 Å². The van der Waals surface area contributed by atoms with E-state index in [1.807, 2.05) is 23.9 Å². The minimum absolute atomic E-state index is 0.446. The van der Waals surface area contributed by atoms with Gasteiger partial charge in [0.1, 0.15) is 11.6 Å². The van der Waals surface area contributed by atoms with Crippen molar-refractivity contribution in [2.75, 3.05) is 25.2 Å². The van der Waals surface area contributed by atoms with Crippen LogP contribution >= 0.6 is 11.8 Å². The molecule has 1 aromatic heterocycles. The molecule has 1 aliphatic carbocycles. The number of rotatable bonds is 5. The molecule has 88 valence electrons. The molecule has 16 heavy (non-hydrogen) atoms. The van der Waals surface area contributed by atoms with Gasteiger partial charge >= 0.3 is 0 Å². The largest absolute Gasteiger partial charge is 0.495 e. The SMILES string of the molecule is COc1ccc(NCC2(SC)CCC2)nc1. The van der Waals surface area contributed by atoms with E-state index in [1.54, 1.807) is 13.3 Å². The molecule has 4 heteroatoms. The average molecular weight is 238 g/mol. The normalized spacial score (nSPS) is 17.6. The third kappa shape index (κ3) is 2.43. The summed E-state index contributed by atoms with van der Waals surface area (Å²) in [6.45, 7) is 1.01. The van der Waals surface area contributed by atoms with Crippen molar-refractivity contribution in [3.63, 3.8) is 0 Å². The zero-order chi connectivity index (χ0) is 11.4. The standard InChI is InChI=1S/C12H18N2OS/c1-15-10-4-5-11(13-8-10)14-9-12(16-2)6-3-7-12/h4-5,8H,3,6-7,9H2,1-2H3,(H,13,14). The van der Waals surface area contributed by atoms with Gasteiger partial charge in [-0.3, -0.25) is 0 Å². The first-order chi connectivity index (χ1) is 7.78. The number of nitrogens with one attached hydrogen (secondary N) is 1. The van der Waals surface area contributed by atoms with Crippen molar-refractivity contribution in [1.82, 2.24) is 4.98 Å². The van der Waals surface area contributed by atoms with Crippen LogP contribution in [-0.4, -0.2) is 29.6 Å². The van der Waals surface area contributed by atoms with Gasteiger partial charge in [0.2, 0.25) is 0 Å². The topological polar surface area (TPSA) is 34.1 Å². The van der Waals surface area contributed by atoms with Crippen molar-refractivity contribution in [2.45, 2.75) is 24.0 Å². The Hall–Kier alpha value is -0.900. The van der Waals surface area contributed by atoms with Gasteiger partial charge < -0.3 is 10.1 Å². The van der Waals surface area contributed by atoms with Crippen molar-refractivity contribution >= 4 is 17.6 Å². The number of methoxy groups -OCH3 is 1. The van der Waals surface area contributed by atoms with Crippen LogP contribution in [0.4, 0.5) is 5.82 Å². The lowest BCUT2D eigenvalue weighted by Gasteiger charge is -2.40. The highest BCUT2D eigenvalue weighted by Crippen LogP contribution is 2.42. The molecular formula is C12H18N2OS. The summed E-state index contributed by atoms with van der Waals surface area (Å²) in [6.07, 6.45) is 7.93. The third-order valence-electron chi connectivity index (χ3n) is 3.26. The van der Waals surface area contributed by atoms with Gasteiger partial charge in [0.15, 0.2) is 0 Å². The van der Waals surface area contributed by atoms with Gasteiger partial charge in [0, 0.05) is 11.3 Å². The Morgan fingerprint density at radius 1 is 1.50 bits per heavy atom. The lowest BCUT2D eigenvalue weighted by Crippen LogP contribution is -2.40. The Bertz CT molecular complexity index is 330. The molecule has 2 rings (SSSR count). The maximum absolute atomic E-state index is 5.07. The van der Waals surface area contributed by atoms with Crippen LogP contribution in [0.5, 0.6) is 5.75 Å². The van der Waals surface area contributed by atoms with Gasteiger partial charge in [-0.15, -0.1) is 0 Å². The first-order valence-corrected chi connectivity index (χ1v) is 6.79. The summed E-state index contributed by atoms with van der Waals surface area (Å²) in [6, 6.07) is 3.90. The van der Waals surface area contributed by atoms with Gasteiger partial charge in [-0.25, -0.2) is 4.98 Å². The van der Waals surface area contributed by atoms with Gasteiger partial charge in [0.25, 0.3) is 0 Å². The smallest absolute Gasteiger partial charge is 0.137 e. The Morgan fingerprint density at radius 2 is 2.31 bits per heavy atom. The van der Waals surface area contributed by atoms with E-state index in [1.165, 1.54) is 19.3 Å². The molecule has 0 spiro atoms. The minimum atomic E-state index is 0.446. The maximum Gasteiger partial charge on any atom is 0.137 e. The first-order valence-electron chi connectivity index (χ1n) is 5.57. The first kappa shape index (κ1) is 11.6. The lowest BCUT2D eigenvalue weighted by molar-refractivity contribution is 0.379. The van der Waals surface area contributed by atoms with Crippen LogP contribution in [0.2, 0.25) is 0 Å². The summed E-state index contributed by atoms with van der Waals surface area (Å²) in [4.78, 5) is 4.30. The highest BCUT2D eigenvalue weighted by atomic mass is 32.2. The predicted octanol–water partition coefficient (Wildman–Crippen LogP) is 2.79. The number of hydrogen-bond acceptors (Lipinski definition) is 4. The fourth-order valence-electron chi connectivity index (χ4n) is 1.88. The van der Waals surface area contributed by atoms with E-state index in [4.69, 9.17) is 4.74 Å². The highest BCUT2D eigenvalue weighted by Gasteiger charge is 2.35. The number of nitrogens with zero attached hydrogens (tertiary/aromatic N) is 1. The fourth-order valence-corrected chi connectivity index (χ4v) is 2.79. The van der Waals surface area contributed by atoms with E-state index >= 15 is 0 Å². The summed E-state index contributed by atoms with van der Waals surface area (Å²) in [5.41, 5.74) is 0. The van der Waals surface area contributed by atoms with Crippen LogP contribution in [-0.2, 0) is 0 Å². The molecule has 1 heterocycles. The molecule has 0 aromatic carbocycles. The molecule has 1 aromatic rings. The Kier molecular flexibility index (Phi) is 3.59. The summed E-state index contributed by atoms with van der Waals surface area (Å²) in [5, 5.41) is 3.40. The number of hydrogen-bond donors (Lipinski definition) is 1. The number of thioether (sulfide) groups is 1. The molecule has 0 unspecified atom stereocenters. The monoisotopic (exact) mass is 238 g/mol. The zero-order valence-corrected chi connectivity index (χ0v) is 10.6. The number of anilines is 1. The summed E-state index contributed by atoms with van der Waals surface area (Å²) in [5.74, 6) is 1.73. The molecule has 1 N–H and O–H groups in total. The molecule has 1 saturated carbocycles.